The van der Waals surface area contributed by atoms with Gasteiger partial charge >= 0.3 is 0 Å². The van der Waals surface area contributed by atoms with Crippen molar-refractivity contribution in [3.8, 4) is 0 Å². The van der Waals surface area contributed by atoms with Crippen LogP contribution in [0.2, 0.25) is 0 Å². The van der Waals surface area contributed by atoms with Crippen LogP contribution >= 0.6 is 15.9 Å². The van der Waals surface area contributed by atoms with E-state index in [1.807, 2.05) is 13.8 Å². The Kier molecular flexibility index (Phi) is 3.84. The number of anilines is 1. The third-order valence-electron chi connectivity index (χ3n) is 2.64. The van der Waals surface area contributed by atoms with Gasteiger partial charge in [0.15, 0.2) is 5.82 Å². The lowest BCUT2D eigenvalue weighted by atomic mass is 9.91. The lowest BCUT2D eigenvalue weighted by Crippen LogP contribution is -2.27. The number of nitrogens with two attached hydrogens (primary N) is 1. The van der Waals surface area contributed by atoms with Crippen LogP contribution in [0.1, 0.15) is 46.1 Å². The molecule has 0 aromatic carbocycles. The van der Waals surface area contributed by atoms with Gasteiger partial charge in [-0.3, -0.25) is 0 Å². The Labute approximate surface area is 111 Å². The molecule has 0 amide bonds. The fourth-order valence-corrected chi connectivity index (χ4v) is 2.09. The smallest absolute Gasteiger partial charge is 0.162 e. The van der Waals surface area contributed by atoms with E-state index >= 15 is 0 Å². The Balaban J connectivity index is 3.45. The summed E-state index contributed by atoms with van der Waals surface area (Å²) in [4.78, 5) is 8.87. The number of rotatable bonds is 2. The third-order valence-corrected chi connectivity index (χ3v) is 3.42. The van der Waals surface area contributed by atoms with Crippen LogP contribution < -0.4 is 5.73 Å². The van der Waals surface area contributed by atoms with E-state index in [-0.39, 0.29) is 5.41 Å². The van der Waals surface area contributed by atoms with Crippen LogP contribution in [0.5, 0.6) is 0 Å². The van der Waals surface area contributed by atoms with Crippen molar-refractivity contribution in [1.82, 2.24) is 9.97 Å². The molecule has 0 aliphatic heterocycles. The number of ether oxygens (including phenoxy) is 1. The molecule has 2 N–H and O–H groups in total. The third kappa shape index (κ3) is 2.96. The summed E-state index contributed by atoms with van der Waals surface area (Å²) in [7, 11) is 1.64. The molecule has 17 heavy (non-hydrogen) atoms. The molecular weight excluding hydrogens is 282 g/mol. The van der Waals surface area contributed by atoms with Gasteiger partial charge in [-0.25, -0.2) is 9.97 Å². The van der Waals surface area contributed by atoms with Crippen LogP contribution in [0.15, 0.2) is 4.47 Å². The molecule has 0 aliphatic carbocycles. The van der Waals surface area contributed by atoms with Crippen molar-refractivity contribution in [2.75, 3.05) is 12.8 Å². The van der Waals surface area contributed by atoms with E-state index in [4.69, 9.17) is 10.5 Å². The van der Waals surface area contributed by atoms with Crippen LogP contribution in [-0.2, 0) is 15.8 Å². The minimum Gasteiger partial charge on any atom is -0.383 e. The summed E-state index contributed by atoms with van der Waals surface area (Å²) in [5, 5.41) is 0. The monoisotopic (exact) mass is 301 g/mol. The molecule has 0 fully saturated rings. The number of nitrogen functional groups attached to an aromatic ring is 1. The van der Waals surface area contributed by atoms with Gasteiger partial charge in [0.1, 0.15) is 11.4 Å². The van der Waals surface area contributed by atoms with Gasteiger partial charge in [0.05, 0.1) is 10.2 Å². The second-order valence-corrected chi connectivity index (χ2v) is 6.35. The van der Waals surface area contributed by atoms with Gasteiger partial charge in [-0.15, -0.1) is 0 Å². The van der Waals surface area contributed by atoms with E-state index in [0.29, 0.717) is 11.6 Å². The predicted molar refractivity (Wildman–Crippen MR) is 72.9 cm³/mol. The van der Waals surface area contributed by atoms with E-state index < -0.39 is 5.60 Å². The first-order valence-corrected chi connectivity index (χ1v) is 6.28. The van der Waals surface area contributed by atoms with Crippen LogP contribution in [-0.4, -0.2) is 17.1 Å². The summed E-state index contributed by atoms with van der Waals surface area (Å²) < 4.78 is 6.15. The second kappa shape index (κ2) is 4.53. The van der Waals surface area contributed by atoms with Crippen molar-refractivity contribution < 1.29 is 4.74 Å². The van der Waals surface area contributed by atoms with Crippen molar-refractivity contribution in [3.63, 3.8) is 0 Å². The lowest BCUT2D eigenvalue weighted by molar-refractivity contribution is 0.0112. The highest BCUT2D eigenvalue weighted by atomic mass is 79.9. The van der Waals surface area contributed by atoms with Gasteiger partial charge in [0.25, 0.3) is 0 Å². The minimum absolute atomic E-state index is 0.103. The van der Waals surface area contributed by atoms with E-state index in [9.17, 15) is 0 Å². The van der Waals surface area contributed by atoms with Gasteiger partial charge in [0, 0.05) is 12.5 Å². The first kappa shape index (κ1) is 14.4. The highest BCUT2D eigenvalue weighted by molar-refractivity contribution is 9.10. The number of hydrogen-bond donors (Lipinski definition) is 1. The quantitative estimate of drug-likeness (QED) is 0.912. The van der Waals surface area contributed by atoms with Crippen LogP contribution in [0.4, 0.5) is 5.82 Å². The van der Waals surface area contributed by atoms with E-state index in [1.165, 1.54) is 0 Å². The Hall–Kier alpha value is -0.680. The molecule has 5 heteroatoms. The molecular formula is C12H20BrN3O. The van der Waals surface area contributed by atoms with Gasteiger partial charge in [0.2, 0.25) is 0 Å². The van der Waals surface area contributed by atoms with Crippen molar-refractivity contribution in [2.45, 2.75) is 45.6 Å². The van der Waals surface area contributed by atoms with Gasteiger partial charge in [-0.05, 0) is 29.8 Å². The maximum atomic E-state index is 5.92. The molecule has 0 saturated heterocycles. The summed E-state index contributed by atoms with van der Waals surface area (Å²) in [5.41, 5.74) is 6.16. The standard InChI is InChI=1S/C12H20BrN3O/c1-11(2,3)8-7(13)9(14)16-10(15-8)12(4,5)17-6/h1-6H3,(H2,14,15,16). The molecule has 0 saturated carbocycles. The summed E-state index contributed by atoms with van der Waals surface area (Å²) >= 11 is 3.45. The second-order valence-electron chi connectivity index (χ2n) is 5.56. The van der Waals surface area contributed by atoms with E-state index in [0.717, 1.165) is 10.2 Å². The van der Waals surface area contributed by atoms with Crippen LogP contribution in [0.3, 0.4) is 0 Å². The summed E-state index contributed by atoms with van der Waals surface area (Å²) in [5.74, 6) is 1.05. The van der Waals surface area contributed by atoms with Crippen LogP contribution in [0.25, 0.3) is 0 Å². The highest BCUT2D eigenvalue weighted by Gasteiger charge is 2.28. The molecule has 0 unspecified atom stereocenters. The molecule has 0 atom stereocenters. The van der Waals surface area contributed by atoms with Crippen molar-refractivity contribution in [2.24, 2.45) is 0 Å². The first-order valence-electron chi connectivity index (χ1n) is 5.48. The van der Waals surface area contributed by atoms with E-state index in [2.05, 4.69) is 46.7 Å². The van der Waals surface area contributed by atoms with Crippen molar-refractivity contribution in [1.29, 1.82) is 0 Å². The van der Waals surface area contributed by atoms with Gasteiger partial charge in [-0.1, -0.05) is 20.8 Å². The van der Waals surface area contributed by atoms with Crippen LogP contribution in [0, 0.1) is 0 Å². The number of methoxy groups -OCH3 is 1. The molecule has 0 radical (unpaired) electrons. The average Bonchev–Trinajstić information content (AvgIpc) is 2.19. The van der Waals surface area contributed by atoms with Gasteiger partial charge < -0.3 is 10.5 Å². The van der Waals surface area contributed by atoms with Crippen molar-refractivity contribution >= 4 is 21.7 Å². The normalized spacial score (nSPS) is 12.9. The molecule has 4 nitrogen and oxygen atoms in total. The SMILES string of the molecule is COC(C)(C)c1nc(N)c(Br)c(C(C)(C)C)n1. The first-order chi connectivity index (χ1) is 7.59. The summed E-state index contributed by atoms with van der Waals surface area (Å²) in [6.45, 7) is 10.1. The largest absolute Gasteiger partial charge is 0.383 e. The molecule has 1 aromatic heterocycles. The molecule has 0 bridgehead atoms. The van der Waals surface area contributed by atoms with Crippen molar-refractivity contribution in [3.05, 3.63) is 16.0 Å². The summed E-state index contributed by atoms with van der Waals surface area (Å²) in [6, 6.07) is 0. The Morgan fingerprint density at radius 2 is 1.65 bits per heavy atom. The minimum atomic E-state index is -0.547. The molecule has 0 aliphatic rings. The zero-order valence-electron chi connectivity index (χ0n) is 11.3. The fraction of sp³-hybridized carbons (Fsp3) is 0.667. The highest BCUT2D eigenvalue weighted by Crippen LogP contribution is 2.33. The van der Waals surface area contributed by atoms with E-state index in [1.54, 1.807) is 7.11 Å². The molecule has 0 spiro atoms. The molecule has 1 rings (SSSR count). The lowest BCUT2D eigenvalue weighted by Gasteiger charge is -2.26. The average molecular weight is 302 g/mol. The molecule has 96 valence electrons. The maximum absolute atomic E-state index is 5.92. The Morgan fingerprint density at radius 3 is 2.06 bits per heavy atom. The fourth-order valence-electron chi connectivity index (χ4n) is 1.32. The summed E-state index contributed by atoms with van der Waals surface area (Å²) in [6.07, 6.45) is 0. The number of nitrogens with zero attached hydrogens (tertiary/aromatic N) is 2. The molecule has 1 heterocycles. The molecule has 1 aromatic rings. The number of aromatic nitrogens is 2. The van der Waals surface area contributed by atoms with Gasteiger partial charge in [-0.2, -0.15) is 0 Å². The number of hydrogen-bond acceptors (Lipinski definition) is 4. The zero-order valence-corrected chi connectivity index (χ0v) is 12.8. The zero-order chi connectivity index (χ0) is 13.4. The maximum Gasteiger partial charge on any atom is 0.162 e. The number of halogens is 1. The Bertz CT molecular complexity index is 424. The predicted octanol–water partition coefficient (Wildman–Crippen LogP) is 3.00. The topological polar surface area (TPSA) is 61.0 Å². The Morgan fingerprint density at radius 1 is 1.12 bits per heavy atom.